The second kappa shape index (κ2) is 8.39. The van der Waals surface area contributed by atoms with E-state index in [1.54, 1.807) is 54.3 Å². The number of amides is 1. The molecule has 0 aliphatic carbocycles. The summed E-state index contributed by atoms with van der Waals surface area (Å²) in [5.74, 6) is 0.624. The zero-order valence-corrected chi connectivity index (χ0v) is 16.8. The number of rotatable bonds is 6. The molecule has 1 aliphatic heterocycles. The number of benzene rings is 2. The van der Waals surface area contributed by atoms with Gasteiger partial charge in [0.2, 0.25) is 0 Å². The normalized spacial score (nSPS) is 15.5. The minimum Gasteiger partial charge on any atom is -0.493 e. The highest BCUT2D eigenvalue weighted by atomic mass is 32.1. The number of hydrogen-bond donors (Lipinski definition) is 0. The van der Waals surface area contributed by atoms with Crippen LogP contribution in [-0.2, 0) is 11.4 Å². The van der Waals surface area contributed by atoms with Crippen molar-refractivity contribution in [1.82, 2.24) is 9.80 Å². The standard InChI is InChI=1S/C21H21FN2O3S/c1-4-24-20(25)17(23(2)21(24)28)11-14-8-9-18(19(12-14)26-3)27-13-15-6-5-7-16(22)10-15/h5-12H,4,13H2,1-3H3/b17-11-. The van der Waals surface area contributed by atoms with Gasteiger partial charge in [-0.2, -0.15) is 0 Å². The van der Waals surface area contributed by atoms with Gasteiger partial charge < -0.3 is 14.4 Å². The summed E-state index contributed by atoms with van der Waals surface area (Å²) in [7, 11) is 3.32. The molecule has 28 heavy (non-hydrogen) atoms. The fourth-order valence-electron chi connectivity index (χ4n) is 2.93. The van der Waals surface area contributed by atoms with Crippen LogP contribution < -0.4 is 9.47 Å². The Hall–Kier alpha value is -2.93. The molecule has 1 heterocycles. The largest absolute Gasteiger partial charge is 0.493 e. The van der Waals surface area contributed by atoms with E-state index in [9.17, 15) is 9.18 Å². The molecule has 0 N–H and O–H groups in total. The zero-order valence-electron chi connectivity index (χ0n) is 15.9. The highest BCUT2D eigenvalue weighted by molar-refractivity contribution is 7.80. The number of nitrogens with zero attached hydrogens (tertiary/aromatic N) is 2. The van der Waals surface area contributed by atoms with E-state index in [2.05, 4.69) is 0 Å². The number of carbonyl (C=O) groups excluding carboxylic acids is 1. The number of thiocarbonyl (C=S) groups is 1. The Morgan fingerprint density at radius 3 is 2.61 bits per heavy atom. The zero-order chi connectivity index (χ0) is 20.3. The van der Waals surface area contributed by atoms with Crippen LogP contribution in [0.15, 0.2) is 48.2 Å². The number of hydrogen-bond acceptors (Lipinski definition) is 4. The van der Waals surface area contributed by atoms with Crippen molar-refractivity contribution in [2.75, 3.05) is 20.7 Å². The van der Waals surface area contributed by atoms with Crippen molar-refractivity contribution in [3.63, 3.8) is 0 Å². The van der Waals surface area contributed by atoms with Crippen molar-refractivity contribution < 1.29 is 18.7 Å². The quantitative estimate of drug-likeness (QED) is 0.545. The smallest absolute Gasteiger partial charge is 0.276 e. The minimum absolute atomic E-state index is 0.125. The lowest BCUT2D eigenvalue weighted by Crippen LogP contribution is -2.30. The number of halogens is 1. The molecule has 1 amide bonds. The van der Waals surface area contributed by atoms with Gasteiger partial charge >= 0.3 is 0 Å². The van der Waals surface area contributed by atoms with Gasteiger partial charge in [-0.1, -0.05) is 18.2 Å². The Kier molecular flexibility index (Phi) is 5.94. The lowest BCUT2D eigenvalue weighted by atomic mass is 10.1. The molecule has 3 rings (SSSR count). The van der Waals surface area contributed by atoms with E-state index in [1.807, 2.05) is 13.0 Å². The van der Waals surface area contributed by atoms with Crippen molar-refractivity contribution in [2.24, 2.45) is 0 Å². The third kappa shape index (κ3) is 3.99. The first kappa shape index (κ1) is 19.8. The van der Waals surface area contributed by atoms with Crippen molar-refractivity contribution in [1.29, 1.82) is 0 Å². The van der Waals surface area contributed by atoms with Gasteiger partial charge in [-0.25, -0.2) is 4.39 Å². The Labute approximate surface area is 169 Å². The summed E-state index contributed by atoms with van der Waals surface area (Å²) < 4.78 is 24.5. The number of ether oxygens (including phenoxy) is 2. The summed E-state index contributed by atoms with van der Waals surface area (Å²) in [4.78, 5) is 15.8. The molecule has 5 nitrogen and oxygen atoms in total. The van der Waals surface area contributed by atoms with Crippen molar-refractivity contribution in [3.05, 3.63) is 65.1 Å². The van der Waals surface area contributed by atoms with Gasteiger partial charge in [-0.15, -0.1) is 0 Å². The van der Waals surface area contributed by atoms with Gasteiger partial charge in [0, 0.05) is 13.6 Å². The number of likely N-dealkylation sites (N-methyl/N-ethyl adjacent to an activating group) is 2. The van der Waals surface area contributed by atoms with E-state index in [0.29, 0.717) is 28.9 Å². The van der Waals surface area contributed by atoms with Crippen LogP contribution in [0.3, 0.4) is 0 Å². The van der Waals surface area contributed by atoms with E-state index < -0.39 is 0 Å². The molecule has 0 aromatic heterocycles. The summed E-state index contributed by atoms with van der Waals surface area (Å²) >= 11 is 5.31. The highest BCUT2D eigenvalue weighted by Gasteiger charge is 2.34. The molecule has 2 aromatic rings. The average molecular weight is 400 g/mol. The summed E-state index contributed by atoms with van der Waals surface area (Å²) in [6.07, 6.45) is 1.77. The van der Waals surface area contributed by atoms with Crippen LogP contribution in [0.1, 0.15) is 18.1 Å². The molecule has 0 radical (unpaired) electrons. The lowest BCUT2D eigenvalue weighted by Gasteiger charge is -2.14. The highest BCUT2D eigenvalue weighted by Crippen LogP contribution is 2.31. The predicted octanol–water partition coefficient (Wildman–Crippen LogP) is 3.83. The van der Waals surface area contributed by atoms with E-state index >= 15 is 0 Å². The molecule has 0 saturated carbocycles. The maximum absolute atomic E-state index is 13.3. The maximum Gasteiger partial charge on any atom is 0.276 e. The summed E-state index contributed by atoms with van der Waals surface area (Å²) in [5.41, 5.74) is 2.01. The second-order valence-corrected chi connectivity index (χ2v) is 6.61. The first-order chi connectivity index (χ1) is 13.4. The van der Waals surface area contributed by atoms with Gasteiger partial charge in [-0.05, 0) is 60.6 Å². The molecule has 7 heteroatoms. The van der Waals surface area contributed by atoms with Gasteiger partial charge in [-0.3, -0.25) is 9.69 Å². The molecule has 0 unspecified atom stereocenters. The third-order valence-corrected chi connectivity index (χ3v) is 4.93. The molecule has 146 valence electrons. The molecule has 1 aliphatic rings. The van der Waals surface area contributed by atoms with Crippen LogP contribution in [0.2, 0.25) is 0 Å². The molecular formula is C21H21FN2O3S. The fraction of sp³-hybridized carbons (Fsp3) is 0.238. The van der Waals surface area contributed by atoms with Gasteiger partial charge in [0.25, 0.3) is 5.91 Å². The first-order valence-electron chi connectivity index (χ1n) is 8.81. The maximum atomic E-state index is 13.3. The second-order valence-electron chi connectivity index (χ2n) is 6.25. The SMILES string of the molecule is CCN1C(=O)/C(=C/c2ccc(OCc3cccc(F)c3)c(OC)c2)N(C)C1=S. The summed E-state index contributed by atoms with van der Waals surface area (Å²) in [6, 6.07) is 11.6. The van der Waals surface area contributed by atoms with E-state index in [-0.39, 0.29) is 18.3 Å². The van der Waals surface area contributed by atoms with Gasteiger partial charge in [0.05, 0.1) is 7.11 Å². The van der Waals surface area contributed by atoms with E-state index in [1.165, 1.54) is 12.1 Å². The van der Waals surface area contributed by atoms with Crippen LogP contribution >= 0.6 is 12.2 Å². The van der Waals surface area contributed by atoms with Crippen LogP contribution in [0, 0.1) is 5.82 Å². The van der Waals surface area contributed by atoms with Crippen molar-refractivity contribution in [3.8, 4) is 11.5 Å². The summed E-state index contributed by atoms with van der Waals surface area (Å²) in [6.45, 7) is 2.62. The predicted molar refractivity (Wildman–Crippen MR) is 109 cm³/mol. The van der Waals surface area contributed by atoms with Crippen LogP contribution in [0.4, 0.5) is 4.39 Å². The van der Waals surface area contributed by atoms with Crippen molar-refractivity contribution in [2.45, 2.75) is 13.5 Å². The van der Waals surface area contributed by atoms with Crippen molar-refractivity contribution >= 4 is 29.3 Å². The molecule has 0 bridgehead atoms. The molecular weight excluding hydrogens is 379 g/mol. The first-order valence-corrected chi connectivity index (χ1v) is 9.22. The molecule has 2 aromatic carbocycles. The van der Waals surface area contributed by atoms with Crippen LogP contribution in [0.25, 0.3) is 6.08 Å². The fourth-order valence-corrected chi connectivity index (χ4v) is 3.24. The molecule has 1 saturated heterocycles. The number of methoxy groups -OCH3 is 1. The minimum atomic E-state index is -0.306. The Balaban J connectivity index is 1.81. The van der Waals surface area contributed by atoms with E-state index in [4.69, 9.17) is 21.7 Å². The lowest BCUT2D eigenvalue weighted by molar-refractivity contribution is -0.122. The van der Waals surface area contributed by atoms with Crippen LogP contribution in [0.5, 0.6) is 11.5 Å². The average Bonchev–Trinajstić information content (AvgIpc) is 2.89. The Morgan fingerprint density at radius 2 is 1.96 bits per heavy atom. The van der Waals surface area contributed by atoms with Crippen LogP contribution in [-0.4, -0.2) is 41.5 Å². The Bertz CT molecular complexity index is 945. The molecule has 0 spiro atoms. The topological polar surface area (TPSA) is 42.0 Å². The summed E-state index contributed by atoms with van der Waals surface area (Å²) in [5, 5.41) is 0.487. The number of carbonyl (C=O) groups is 1. The van der Waals surface area contributed by atoms with Gasteiger partial charge in [0.1, 0.15) is 18.1 Å². The molecule has 0 atom stereocenters. The molecule has 1 fully saturated rings. The van der Waals surface area contributed by atoms with E-state index in [0.717, 1.165) is 11.1 Å². The van der Waals surface area contributed by atoms with Gasteiger partial charge in [0.15, 0.2) is 16.6 Å². The third-order valence-electron chi connectivity index (χ3n) is 4.43. The Morgan fingerprint density at radius 1 is 1.18 bits per heavy atom. The monoisotopic (exact) mass is 400 g/mol.